The quantitative estimate of drug-likeness (QED) is 0.528. The monoisotopic (exact) mass is 107 g/mol. The highest BCUT2D eigenvalue weighted by Gasteiger charge is 2.03. The van der Waals surface area contributed by atoms with Gasteiger partial charge in [0.2, 0.25) is 5.85 Å². The maximum absolute atomic E-state index is 9.64. The second-order valence-electron chi connectivity index (χ2n) is 1.04. The number of aliphatic hydroxyl groups excluding tert-OH is 1. The van der Waals surface area contributed by atoms with Crippen molar-refractivity contribution in [2.75, 3.05) is 0 Å². The normalized spacial score (nSPS) is 15.0. The summed E-state index contributed by atoms with van der Waals surface area (Å²) in [7, 11) is -0.563. The molecule has 0 amide bonds. The van der Waals surface area contributed by atoms with Gasteiger partial charge in [0.1, 0.15) is 0 Å². The molecule has 0 fully saturated rings. The van der Waals surface area contributed by atoms with Gasteiger partial charge in [0.25, 0.3) is 0 Å². The number of aliphatic hydroxyl groups is 1. The van der Waals surface area contributed by atoms with Crippen molar-refractivity contribution in [2.45, 2.75) is 19.2 Å². The van der Waals surface area contributed by atoms with E-state index >= 15 is 0 Å². The Morgan fingerprint density at radius 3 is 2.50 bits per heavy atom. The molecular weight excluding hydrogens is 99.0 g/mol. The molecule has 0 aliphatic rings. The highest BCUT2D eigenvalue weighted by atomic mass is 31.1. The first kappa shape index (κ1) is 6.06. The summed E-state index contributed by atoms with van der Waals surface area (Å²) >= 11 is 0. The molecule has 3 heteroatoms. The van der Waals surface area contributed by atoms with Crippen LogP contribution in [0.15, 0.2) is 0 Å². The summed E-state index contributed by atoms with van der Waals surface area (Å²) in [4.78, 5) is 0. The molecule has 0 spiro atoms. The Morgan fingerprint density at radius 2 is 2.50 bits per heavy atom. The lowest BCUT2D eigenvalue weighted by Gasteiger charge is -1.79. The molecule has 0 saturated carbocycles. The fraction of sp³-hybridized carbons (Fsp3) is 1.00. The highest BCUT2D eigenvalue weighted by Crippen LogP contribution is 2.03. The van der Waals surface area contributed by atoms with Crippen molar-refractivity contribution >= 4 is 8.46 Å². The van der Waals surface area contributed by atoms with Gasteiger partial charge in [-0.2, -0.15) is 0 Å². The zero-order valence-electron chi connectivity index (χ0n) is 3.64. The van der Waals surface area contributed by atoms with Crippen LogP contribution in [-0.2, 0) is 4.57 Å². The number of hydrogen-bond acceptors (Lipinski definition) is 2. The van der Waals surface area contributed by atoms with Crippen molar-refractivity contribution in [3.05, 3.63) is 0 Å². The summed E-state index contributed by atoms with van der Waals surface area (Å²) < 4.78 is 9.64. The Hall–Kier alpha value is 0.0600. The van der Waals surface area contributed by atoms with Gasteiger partial charge in [-0.05, 0) is 0 Å². The van der Waals surface area contributed by atoms with E-state index < -0.39 is 14.3 Å². The van der Waals surface area contributed by atoms with E-state index in [4.69, 9.17) is 5.11 Å². The van der Waals surface area contributed by atoms with Gasteiger partial charge in [0, 0.05) is 6.42 Å². The first-order valence-corrected chi connectivity index (χ1v) is 2.85. The molecule has 0 aromatic rings. The zero-order chi connectivity index (χ0) is 4.99. The van der Waals surface area contributed by atoms with E-state index in [2.05, 4.69) is 0 Å². The topological polar surface area (TPSA) is 37.3 Å². The Morgan fingerprint density at radius 1 is 2.00 bits per heavy atom. The summed E-state index contributed by atoms with van der Waals surface area (Å²) in [6, 6.07) is 0. The van der Waals surface area contributed by atoms with E-state index in [1.165, 1.54) is 0 Å². The van der Waals surface area contributed by atoms with Crippen LogP contribution in [0.25, 0.3) is 0 Å². The molecule has 0 rings (SSSR count). The molecule has 0 heterocycles. The molecule has 0 aliphatic carbocycles. The minimum atomic E-state index is -0.593. The molecular formula is C3H8O2P+. The molecule has 2 nitrogen and oxygen atoms in total. The zero-order valence-corrected chi connectivity index (χ0v) is 4.64. The van der Waals surface area contributed by atoms with Crippen molar-refractivity contribution in [3.63, 3.8) is 0 Å². The summed E-state index contributed by atoms with van der Waals surface area (Å²) in [6.45, 7) is 1.79. The molecule has 2 atom stereocenters. The van der Waals surface area contributed by atoms with Crippen LogP contribution in [0.3, 0.4) is 0 Å². The van der Waals surface area contributed by atoms with Gasteiger partial charge in [-0.25, -0.2) is 0 Å². The van der Waals surface area contributed by atoms with Gasteiger partial charge in [0.05, 0.1) is 0 Å². The molecule has 2 unspecified atom stereocenters. The SMILES string of the molecule is CCC(O)[PH+]=O. The number of rotatable bonds is 2. The van der Waals surface area contributed by atoms with Crippen LogP contribution in [0.4, 0.5) is 0 Å². The van der Waals surface area contributed by atoms with Crippen LogP contribution >= 0.6 is 8.46 Å². The molecule has 0 radical (unpaired) electrons. The predicted octanol–water partition coefficient (Wildman–Crippen LogP) is 0.739. The maximum Gasteiger partial charge on any atom is 0.356 e. The Balaban J connectivity index is 2.96. The fourth-order valence-electron chi connectivity index (χ4n) is 0.0833. The van der Waals surface area contributed by atoms with Gasteiger partial charge >= 0.3 is 8.46 Å². The third kappa shape index (κ3) is 2.31. The molecule has 0 aliphatic heterocycles. The van der Waals surface area contributed by atoms with E-state index in [0.29, 0.717) is 6.42 Å². The van der Waals surface area contributed by atoms with E-state index in [1.807, 2.05) is 0 Å². The maximum atomic E-state index is 9.64. The van der Waals surface area contributed by atoms with E-state index in [9.17, 15) is 4.57 Å². The largest absolute Gasteiger partial charge is 0.356 e. The molecule has 36 valence electrons. The molecule has 0 bridgehead atoms. The van der Waals surface area contributed by atoms with Crippen LogP contribution in [0.5, 0.6) is 0 Å². The van der Waals surface area contributed by atoms with Crippen molar-refractivity contribution in [1.29, 1.82) is 0 Å². The third-order valence-electron chi connectivity index (χ3n) is 0.523. The van der Waals surface area contributed by atoms with Crippen molar-refractivity contribution < 1.29 is 9.67 Å². The fourth-order valence-corrected chi connectivity index (χ4v) is 0.250. The predicted molar refractivity (Wildman–Crippen MR) is 25.3 cm³/mol. The minimum absolute atomic E-state index is 0.563. The van der Waals surface area contributed by atoms with Gasteiger partial charge in [-0.1, -0.05) is 11.5 Å². The lowest BCUT2D eigenvalue weighted by molar-refractivity contribution is 0.251. The Bertz CT molecular complexity index is 46.1. The molecule has 0 saturated heterocycles. The molecule has 1 N–H and O–H groups in total. The summed E-state index contributed by atoms with van der Waals surface area (Å²) in [5.74, 6) is -0.593. The van der Waals surface area contributed by atoms with E-state index in [1.54, 1.807) is 6.92 Å². The second-order valence-corrected chi connectivity index (χ2v) is 1.94. The lowest BCUT2D eigenvalue weighted by Crippen LogP contribution is -1.89. The Labute approximate surface area is 38.4 Å². The van der Waals surface area contributed by atoms with Crippen LogP contribution < -0.4 is 0 Å². The van der Waals surface area contributed by atoms with Crippen molar-refractivity contribution in [2.24, 2.45) is 0 Å². The smallest absolute Gasteiger partial charge is 0.351 e. The lowest BCUT2D eigenvalue weighted by atomic mass is 10.5. The first-order chi connectivity index (χ1) is 2.81. The average molecular weight is 107 g/mol. The third-order valence-corrected chi connectivity index (χ3v) is 1.20. The van der Waals surface area contributed by atoms with Crippen LogP contribution in [-0.4, -0.2) is 11.0 Å². The van der Waals surface area contributed by atoms with Crippen LogP contribution in [0, 0.1) is 0 Å². The molecule has 0 aromatic carbocycles. The van der Waals surface area contributed by atoms with Crippen LogP contribution in [0.1, 0.15) is 13.3 Å². The second kappa shape index (κ2) is 3.26. The first-order valence-electron chi connectivity index (χ1n) is 1.87. The summed E-state index contributed by atoms with van der Waals surface area (Å²) in [5.41, 5.74) is 0. The molecule has 6 heavy (non-hydrogen) atoms. The summed E-state index contributed by atoms with van der Waals surface area (Å²) in [6.07, 6.45) is 0.585. The van der Waals surface area contributed by atoms with Crippen molar-refractivity contribution in [1.82, 2.24) is 0 Å². The molecule has 0 aromatic heterocycles. The van der Waals surface area contributed by atoms with Gasteiger partial charge in [0.15, 0.2) is 0 Å². The highest BCUT2D eigenvalue weighted by molar-refractivity contribution is 7.24. The van der Waals surface area contributed by atoms with Gasteiger partial charge in [-0.15, -0.1) is 0 Å². The van der Waals surface area contributed by atoms with Gasteiger partial charge < -0.3 is 5.11 Å². The summed E-state index contributed by atoms with van der Waals surface area (Å²) in [5, 5.41) is 8.37. The van der Waals surface area contributed by atoms with Crippen molar-refractivity contribution in [3.8, 4) is 0 Å². The van der Waals surface area contributed by atoms with E-state index in [-0.39, 0.29) is 0 Å². The average Bonchev–Trinajstić information content (AvgIpc) is 1.65. The van der Waals surface area contributed by atoms with E-state index in [0.717, 1.165) is 0 Å². The van der Waals surface area contributed by atoms with Gasteiger partial charge in [-0.3, -0.25) is 0 Å². The standard InChI is InChI=1S/C3H7O2P/c1-2-3(4)6-5/h3-4H,2H2,1H3/p+1. The van der Waals surface area contributed by atoms with Crippen LogP contribution in [0.2, 0.25) is 0 Å². The number of hydrogen-bond donors (Lipinski definition) is 1. The Kier molecular flexibility index (Phi) is 3.29. The minimum Gasteiger partial charge on any atom is -0.351 e.